The number of aryl methyl sites for hydroxylation is 1. The van der Waals surface area contributed by atoms with Crippen molar-refractivity contribution in [3.05, 3.63) is 23.8 Å². The molecule has 2 nitrogen and oxygen atoms in total. The summed E-state index contributed by atoms with van der Waals surface area (Å²) in [6, 6.07) is 3.80. The van der Waals surface area contributed by atoms with Crippen LogP contribution in [0.4, 0.5) is 12.9 Å². The van der Waals surface area contributed by atoms with E-state index in [9.17, 15) is 12.9 Å². The van der Waals surface area contributed by atoms with E-state index in [1.807, 2.05) is 0 Å². The van der Waals surface area contributed by atoms with E-state index < -0.39 is 12.4 Å². The summed E-state index contributed by atoms with van der Waals surface area (Å²) in [5.41, 5.74) is -0.392. The Morgan fingerprint density at radius 1 is 1.28 bits per heavy atom. The first-order chi connectivity index (χ1) is 7.84. The van der Waals surface area contributed by atoms with Gasteiger partial charge < -0.3 is 22.4 Å². The van der Waals surface area contributed by atoms with Gasteiger partial charge in [0.15, 0.2) is 0 Å². The maximum Gasteiger partial charge on any atom is 1.00 e. The second-order valence-electron chi connectivity index (χ2n) is 3.98. The molecule has 0 aliphatic rings. The monoisotopic (exact) mass is 286 g/mol. The van der Waals surface area contributed by atoms with Gasteiger partial charge in [-0.2, -0.15) is 0 Å². The maximum absolute atomic E-state index is 12.6. The minimum absolute atomic E-state index is 0. The van der Waals surface area contributed by atoms with Gasteiger partial charge >= 0.3 is 58.4 Å². The molecule has 0 radical (unpaired) electrons. The normalized spacial score (nSPS) is 12.8. The summed E-state index contributed by atoms with van der Waals surface area (Å²) in [6.45, 7) is -1.34. The Bertz CT molecular complexity index is 385. The third kappa shape index (κ3) is 5.63. The van der Waals surface area contributed by atoms with E-state index in [0.29, 0.717) is 12.4 Å². The van der Waals surface area contributed by atoms with Gasteiger partial charge in [0.25, 0.3) is 0 Å². The molecule has 0 aromatic heterocycles. The molecule has 0 spiro atoms. The average Bonchev–Trinajstić information content (AvgIpc) is 2.15. The van der Waals surface area contributed by atoms with Crippen molar-refractivity contribution in [3.63, 3.8) is 0 Å². The summed E-state index contributed by atoms with van der Waals surface area (Å²) >= 11 is 0. The molecule has 18 heavy (non-hydrogen) atoms. The Kier molecular flexibility index (Phi) is 8.12. The van der Waals surface area contributed by atoms with Gasteiger partial charge in [-0.15, -0.1) is 5.46 Å². The molecule has 7 heteroatoms. The van der Waals surface area contributed by atoms with Crippen LogP contribution >= 0.6 is 0 Å². The number of ether oxygens (including phenoxy) is 2. The fourth-order valence-corrected chi connectivity index (χ4v) is 1.59. The van der Waals surface area contributed by atoms with Crippen LogP contribution in [0.25, 0.3) is 0 Å². The molecule has 0 fully saturated rings. The summed E-state index contributed by atoms with van der Waals surface area (Å²) in [4.78, 5) is 0. The van der Waals surface area contributed by atoms with Crippen LogP contribution in [0.5, 0.6) is 5.75 Å². The first-order valence-corrected chi connectivity index (χ1v) is 5.30. The van der Waals surface area contributed by atoms with Gasteiger partial charge in [-0.3, -0.25) is 0 Å². The SMILES string of the molecule is COCC(C)Oc1ccc([B-](F)(F)F)c(C)c1.[K+]. The summed E-state index contributed by atoms with van der Waals surface area (Å²) in [5, 5.41) is 0. The first kappa shape index (κ1) is 18.5. The minimum atomic E-state index is -4.96. The molecular weight excluding hydrogens is 271 g/mol. The van der Waals surface area contributed by atoms with E-state index in [-0.39, 0.29) is 63.1 Å². The predicted molar refractivity (Wildman–Crippen MR) is 61.9 cm³/mol. The van der Waals surface area contributed by atoms with Crippen LogP contribution in [0, 0.1) is 6.92 Å². The van der Waals surface area contributed by atoms with Crippen LogP contribution in [0.1, 0.15) is 12.5 Å². The van der Waals surface area contributed by atoms with Gasteiger partial charge in [0, 0.05) is 7.11 Å². The zero-order valence-electron chi connectivity index (χ0n) is 11.0. The quantitative estimate of drug-likeness (QED) is 0.677. The molecule has 0 N–H and O–H groups in total. The predicted octanol–water partition coefficient (Wildman–Crippen LogP) is -0.533. The largest absolute Gasteiger partial charge is 1.00 e. The molecule has 0 amide bonds. The minimum Gasteiger partial charge on any atom is -0.488 e. The van der Waals surface area contributed by atoms with E-state index >= 15 is 0 Å². The summed E-state index contributed by atoms with van der Waals surface area (Å²) in [6.07, 6.45) is -0.193. The maximum atomic E-state index is 12.6. The molecule has 0 aliphatic heterocycles. The third-order valence-electron chi connectivity index (χ3n) is 2.33. The van der Waals surface area contributed by atoms with Gasteiger partial charge in [0.2, 0.25) is 0 Å². The van der Waals surface area contributed by atoms with E-state index in [2.05, 4.69) is 0 Å². The molecule has 0 saturated heterocycles. The zero-order chi connectivity index (χ0) is 13.1. The Morgan fingerprint density at radius 2 is 1.89 bits per heavy atom. The van der Waals surface area contributed by atoms with Crippen LogP contribution < -0.4 is 61.6 Å². The van der Waals surface area contributed by atoms with Gasteiger partial charge in [-0.1, -0.05) is 11.6 Å². The second kappa shape index (κ2) is 7.92. The van der Waals surface area contributed by atoms with Gasteiger partial charge in [0.1, 0.15) is 11.9 Å². The number of methoxy groups -OCH3 is 1. The van der Waals surface area contributed by atoms with Crippen LogP contribution in [0.3, 0.4) is 0 Å². The van der Waals surface area contributed by atoms with Crippen LogP contribution in [-0.4, -0.2) is 26.8 Å². The van der Waals surface area contributed by atoms with Gasteiger partial charge in [0.05, 0.1) is 6.61 Å². The molecule has 1 atom stereocenters. The Balaban J connectivity index is 0.00000289. The van der Waals surface area contributed by atoms with Crippen molar-refractivity contribution in [2.24, 2.45) is 0 Å². The Labute approximate surface area is 148 Å². The number of benzene rings is 1. The third-order valence-corrected chi connectivity index (χ3v) is 2.33. The van der Waals surface area contributed by atoms with Crippen molar-refractivity contribution in [2.75, 3.05) is 13.7 Å². The molecule has 0 aliphatic carbocycles. The second-order valence-corrected chi connectivity index (χ2v) is 3.98. The van der Waals surface area contributed by atoms with Crippen molar-refractivity contribution >= 4 is 12.4 Å². The van der Waals surface area contributed by atoms with E-state index in [0.717, 1.165) is 6.07 Å². The average molecular weight is 286 g/mol. The molecule has 1 aromatic rings. The summed E-state index contributed by atoms with van der Waals surface area (Å²) < 4.78 is 48.0. The zero-order valence-corrected chi connectivity index (χ0v) is 14.2. The summed E-state index contributed by atoms with van der Waals surface area (Å²) in [7, 11) is 1.54. The van der Waals surface area contributed by atoms with Crippen LogP contribution in [-0.2, 0) is 4.74 Å². The fourth-order valence-electron chi connectivity index (χ4n) is 1.59. The standard InChI is InChI=1S/C11H15BF3O2.K/c1-8-6-10(17-9(2)7-16-3)4-5-11(8)12(13,14)15;/h4-6,9H,7H2,1-3H3;/q-1;+1. The van der Waals surface area contributed by atoms with Crippen LogP contribution in [0.15, 0.2) is 18.2 Å². The Morgan fingerprint density at radius 3 is 2.33 bits per heavy atom. The van der Waals surface area contributed by atoms with Gasteiger partial charge in [-0.05, 0) is 26.0 Å². The number of hydrogen-bond donors (Lipinski definition) is 0. The molecule has 1 unspecified atom stereocenters. The molecule has 1 aromatic carbocycles. The summed E-state index contributed by atoms with van der Waals surface area (Å²) in [5.74, 6) is 0.427. The molecule has 0 bridgehead atoms. The fraction of sp³-hybridized carbons (Fsp3) is 0.455. The van der Waals surface area contributed by atoms with Crippen molar-refractivity contribution < 1.29 is 73.8 Å². The van der Waals surface area contributed by atoms with Crippen molar-refractivity contribution in [2.45, 2.75) is 20.0 Å². The molecule has 96 valence electrons. The van der Waals surface area contributed by atoms with E-state index in [1.54, 1.807) is 14.0 Å². The van der Waals surface area contributed by atoms with Gasteiger partial charge in [-0.25, -0.2) is 0 Å². The van der Waals surface area contributed by atoms with Crippen molar-refractivity contribution in [1.29, 1.82) is 0 Å². The number of rotatable bonds is 5. The first-order valence-electron chi connectivity index (χ1n) is 5.30. The molecular formula is C11H15BF3KO2. The number of halogens is 3. The molecule has 0 saturated carbocycles. The molecule has 0 heterocycles. The topological polar surface area (TPSA) is 18.5 Å². The van der Waals surface area contributed by atoms with E-state index in [4.69, 9.17) is 9.47 Å². The smallest absolute Gasteiger partial charge is 0.488 e. The Hall–Kier alpha value is 0.471. The van der Waals surface area contributed by atoms with Crippen LogP contribution in [0.2, 0.25) is 0 Å². The molecule has 1 rings (SSSR count). The van der Waals surface area contributed by atoms with Crippen molar-refractivity contribution in [1.82, 2.24) is 0 Å². The van der Waals surface area contributed by atoms with E-state index in [1.165, 1.54) is 19.1 Å². The number of hydrogen-bond acceptors (Lipinski definition) is 2. The van der Waals surface area contributed by atoms with Crippen molar-refractivity contribution in [3.8, 4) is 5.75 Å².